The van der Waals surface area contributed by atoms with E-state index in [9.17, 15) is 4.79 Å². The van der Waals surface area contributed by atoms with Crippen molar-refractivity contribution in [3.63, 3.8) is 0 Å². The first-order valence-corrected chi connectivity index (χ1v) is 9.13. The molecule has 0 radical (unpaired) electrons. The van der Waals surface area contributed by atoms with E-state index in [1.54, 1.807) is 6.92 Å². The number of carbonyl (C=O) groups excluding carboxylic acids is 1. The summed E-state index contributed by atoms with van der Waals surface area (Å²) < 4.78 is 23.6. The summed E-state index contributed by atoms with van der Waals surface area (Å²) in [6, 6.07) is 5.67. The van der Waals surface area contributed by atoms with Crippen LogP contribution in [0.3, 0.4) is 0 Å². The van der Waals surface area contributed by atoms with Gasteiger partial charge in [0.2, 0.25) is 10.8 Å². The number of benzene rings is 1. The van der Waals surface area contributed by atoms with Gasteiger partial charge in [-0.15, -0.1) is 11.3 Å². The molecule has 3 heterocycles. The summed E-state index contributed by atoms with van der Waals surface area (Å²) in [6.07, 6.45) is 0. The minimum Gasteiger partial charge on any atom is -0.487 e. The van der Waals surface area contributed by atoms with Crippen molar-refractivity contribution in [2.24, 2.45) is 0 Å². The summed E-state index contributed by atoms with van der Waals surface area (Å²) in [4.78, 5) is 17.4. The number of thiazole rings is 1. The molecule has 2 aromatic rings. The van der Waals surface area contributed by atoms with E-state index in [1.807, 2.05) is 18.2 Å². The van der Waals surface area contributed by atoms with E-state index in [1.165, 1.54) is 11.3 Å². The Morgan fingerprint density at radius 2 is 2.21 bits per heavy atom. The van der Waals surface area contributed by atoms with Crippen molar-refractivity contribution >= 4 is 33.2 Å². The Hall–Kier alpha value is -1.48. The molecule has 0 aliphatic carbocycles. The van der Waals surface area contributed by atoms with Crippen molar-refractivity contribution in [3.05, 3.63) is 32.6 Å². The maximum Gasteiger partial charge on any atom is 0.367 e. The van der Waals surface area contributed by atoms with Gasteiger partial charge in [-0.1, -0.05) is 15.9 Å². The lowest BCUT2D eigenvalue weighted by Crippen LogP contribution is -2.33. The Labute approximate surface area is 150 Å². The number of carbonyl (C=O) groups is 1. The smallest absolute Gasteiger partial charge is 0.367 e. The quantitative estimate of drug-likeness (QED) is 0.705. The Balaban J connectivity index is 1.90. The van der Waals surface area contributed by atoms with Crippen molar-refractivity contribution in [1.29, 1.82) is 0 Å². The van der Waals surface area contributed by atoms with Crippen LogP contribution < -0.4 is 4.74 Å². The first-order valence-electron chi connectivity index (χ1n) is 7.52. The molecule has 0 bridgehead atoms. The van der Waals surface area contributed by atoms with Crippen LogP contribution in [0.15, 0.2) is 22.7 Å². The van der Waals surface area contributed by atoms with Gasteiger partial charge in [-0.2, -0.15) is 0 Å². The molecule has 1 spiro atoms. The summed E-state index contributed by atoms with van der Waals surface area (Å²) in [6.45, 7) is 3.21. The van der Waals surface area contributed by atoms with Gasteiger partial charge in [-0.3, -0.25) is 0 Å². The molecule has 126 valence electrons. The summed E-state index contributed by atoms with van der Waals surface area (Å²) in [7, 11) is 0. The molecule has 4 rings (SSSR count). The van der Waals surface area contributed by atoms with Crippen molar-refractivity contribution in [3.8, 4) is 17.0 Å². The highest BCUT2D eigenvalue weighted by Gasteiger charge is 2.46. The van der Waals surface area contributed by atoms with Gasteiger partial charge >= 0.3 is 5.97 Å². The number of ether oxygens (including phenoxy) is 4. The van der Waals surface area contributed by atoms with Crippen molar-refractivity contribution in [1.82, 2.24) is 4.98 Å². The third-order valence-electron chi connectivity index (χ3n) is 3.79. The Kier molecular flexibility index (Phi) is 4.07. The number of halogens is 1. The van der Waals surface area contributed by atoms with Gasteiger partial charge in [0, 0.05) is 10.0 Å². The molecule has 0 saturated carbocycles. The van der Waals surface area contributed by atoms with Crippen molar-refractivity contribution < 1.29 is 23.7 Å². The molecule has 2 aliphatic rings. The third-order valence-corrected chi connectivity index (χ3v) is 5.44. The van der Waals surface area contributed by atoms with Crippen LogP contribution in [0.1, 0.15) is 21.6 Å². The zero-order valence-corrected chi connectivity index (χ0v) is 15.2. The van der Waals surface area contributed by atoms with E-state index in [-0.39, 0.29) is 11.6 Å². The largest absolute Gasteiger partial charge is 0.487 e. The van der Waals surface area contributed by atoms with Gasteiger partial charge in [0.25, 0.3) is 0 Å². The Morgan fingerprint density at radius 1 is 1.42 bits per heavy atom. The summed E-state index contributed by atoms with van der Waals surface area (Å²) in [5.41, 5.74) is 1.43. The molecule has 2 aliphatic heterocycles. The van der Waals surface area contributed by atoms with Crippen molar-refractivity contribution in [2.75, 3.05) is 26.4 Å². The zero-order chi connectivity index (χ0) is 16.7. The lowest BCUT2D eigenvalue weighted by Gasteiger charge is -2.24. The first kappa shape index (κ1) is 16.0. The standard InChI is InChI=1S/C16H14BrNO5S/c1-2-20-15(19)14-18-12-10-7-9(17)3-4-11(10)21-8-16(13(12)24-14)22-5-6-23-16/h3-4,7H,2,5-6,8H2,1H3. The highest BCUT2D eigenvalue weighted by molar-refractivity contribution is 9.10. The van der Waals surface area contributed by atoms with Crippen LogP contribution in [0.4, 0.5) is 0 Å². The van der Waals surface area contributed by atoms with E-state index in [0.29, 0.717) is 31.3 Å². The summed E-state index contributed by atoms with van der Waals surface area (Å²) in [5.74, 6) is -0.791. The van der Waals surface area contributed by atoms with Gasteiger partial charge in [0.05, 0.1) is 30.4 Å². The molecule has 1 saturated heterocycles. The van der Waals surface area contributed by atoms with Gasteiger partial charge in [0.15, 0.2) is 0 Å². The van der Waals surface area contributed by atoms with E-state index >= 15 is 0 Å². The maximum absolute atomic E-state index is 12.1. The number of hydrogen-bond acceptors (Lipinski definition) is 7. The molecule has 0 atom stereocenters. The lowest BCUT2D eigenvalue weighted by atomic mass is 10.1. The fraction of sp³-hybridized carbons (Fsp3) is 0.375. The molecular weight excluding hydrogens is 398 g/mol. The number of nitrogens with zero attached hydrogens (tertiary/aromatic N) is 1. The first-order chi connectivity index (χ1) is 11.6. The van der Waals surface area contributed by atoms with Crippen LogP contribution in [0.2, 0.25) is 0 Å². The second-order valence-corrected chi connectivity index (χ2v) is 7.21. The summed E-state index contributed by atoms with van der Waals surface area (Å²) >= 11 is 4.70. The SMILES string of the molecule is CCOC(=O)c1nc2c(s1)C1(COc3ccc(Br)cc3-2)OCCO1. The molecule has 1 fully saturated rings. The number of rotatable bonds is 2. The van der Waals surface area contributed by atoms with Crippen LogP contribution in [0.25, 0.3) is 11.3 Å². The number of esters is 1. The number of hydrogen-bond donors (Lipinski definition) is 0. The Morgan fingerprint density at radius 3 is 2.96 bits per heavy atom. The highest BCUT2D eigenvalue weighted by atomic mass is 79.9. The van der Waals surface area contributed by atoms with Crippen LogP contribution >= 0.6 is 27.3 Å². The number of fused-ring (bicyclic) bond motifs is 4. The van der Waals surface area contributed by atoms with Crippen LogP contribution in [0, 0.1) is 0 Å². The van der Waals surface area contributed by atoms with Gasteiger partial charge < -0.3 is 18.9 Å². The molecule has 1 aromatic heterocycles. The summed E-state index contributed by atoms with van der Waals surface area (Å²) in [5, 5.41) is 0.285. The molecule has 24 heavy (non-hydrogen) atoms. The predicted octanol–water partition coefficient (Wildman–Crippen LogP) is 3.34. The molecule has 0 unspecified atom stereocenters. The average molecular weight is 412 g/mol. The van der Waals surface area contributed by atoms with E-state index in [0.717, 1.165) is 14.9 Å². The fourth-order valence-electron chi connectivity index (χ4n) is 2.76. The lowest BCUT2D eigenvalue weighted by molar-refractivity contribution is -0.182. The normalized spacial score (nSPS) is 17.8. The van der Waals surface area contributed by atoms with E-state index in [2.05, 4.69) is 20.9 Å². The minimum absolute atomic E-state index is 0.207. The Bertz CT molecular complexity index is 800. The van der Waals surface area contributed by atoms with Crippen LogP contribution in [-0.4, -0.2) is 37.4 Å². The molecule has 0 amide bonds. The highest BCUT2D eigenvalue weighted by Crippen LogP contribution is 2.47. The van der Waals surface area contributed by atoms with Gasteiger partial charge in [-0.05, 0) is 25.1 Å². The van der Waals surface area contributed by atoms with E-state index < -0.39 is 11.8 Å². The molecule has 8 heteroatoms. The zero-order valence-electron chi connectivity index (χ0n) is 12.8. The number of aromatic nitrogens is 1. The predicted molar refractivity (Wildman–Crippen MR) is 90.3 cm³/mol. The average Bonchev–Trinajstić information content (AvgIpc) is 3.19. The van der Waals surface area contributed by atoms with Gasteiger partial charge in [-0.25, -0.2) is 9.78 Å². The van der Waals surface area contributed by atoms with Crippen LogP contribution in [0.5, 0.6) is 5.75 Å². The fourth-order valence-corrected chi connectivity index (χ4v) is 4.18. The second kappa shape index (κ2) is 6.11. The second-order valence-electron chi connectivity index (χ2n) is 5.30. The monoisotopic (exact) mass is 411 g/mol. The maximum atomic E-state index is 12.1. The van der Waals surface area contributed by atoms with Crippen LogP contribution in [-0.2, 0) is 20.0 Å². The van der Waals surface area contributed by atoms with E-state index in [4.69, 9.17) is 18.9 Å². The van der Waals surface area contributed by atoms with Gasteiger partial charge in [0.1, 0.15) is 12.4 Å². The molecule has 0 N–H and O–H groups in total. The van der Waals surface area contributed by atoms with Crippen molar-refractivity contribution in [2.45, 2.75) is 12.7 Å². The molecule has 6 nitrogen and oxygen atoms in total. The minimum atomic E-state index is -1.02. The molecular formula is C16H14BrNO5S. The third kappa shape index (κ3) is 2.54. The molecule has 1 aromatic carbocycles. The topological polar surface area (TPSA) is 66.9 Å².